The molecule has 0 amide bonds. The van der Waals surface area contributed by atoms with E-state index < -0.39 is 0 Å². The first-order valence-electron chi connectivity index (χ1n) is 9.91. The third-order valence-corrected chi connectivity index (χ3v) is 9.46. The number of methoxy groups -OCH3 is 1. The lowest BCUT2D eigenvalue weighted by molar-refractivity contribution is -0.160. The van der Waals surface area contributed by atoms with Crippen molar-refractivity contribution in [2.24, 2.45) is 34.5 Å². The summed E-state index contributed by atoms with van der Waals surface area (Å²) in [6, 6.07) is 0. The monoisotopic (exact) mass is 318 g/mol. The normalized spacial score (nSPS) is 55.9. The number of hydrogen-bond acceptors (Lipinski definition) is 2. The van der Waals surface area contributed by atoms with Crippen molar-refractivity contribution >= 4 is 5.78 Å². The topological polar surface area (TPSA) is 26.3 Å². The molecule has 130 valence electrons. The molecule has 0 aromatic rings. The molecule has 0 aromatic heterocycles. The number of rotatable bonds is 1. The quantitative estimate of drug-likeness (QED) is 0.680. The van der Waals surface area contributed by atoms with Crippen LogP contribution in [0.2, 0.25) is 0 Å². The number of carbonyl (C=O) groups excluding carboxylic acids is 1. The maximum absolute atomic E-state index is 12.0. The number of fused-ring (bicyclic) bond motifs is 5. The summed E-state index contributed by atoms with van der Waals surface area (Å²) in [5.74, 6) is 3.76. The van der Waals surface area contributed by atoms with Gasteiger partial charge in [-0.05, 0) is 86.4 Å². The van der Waals surface area contributed by atoms with Gasteiger partial charge in [-0.3, -0.25) is 4.79 Å². The Morgan fingerprint density at radius 1 is 0.957 bits per heavy atom. The van der Waals surface area contributed by atoms with Crippen LogP contribution in [-0.4, -0.2) is 18.5 Å². The smallest absolute Gasteiger partial charge is 0.133 e. The molecule has 4 rings (SSSR count). The van der Waals surface area contributed by atoms with Crippen molar-refractivity contribution in [3.63, 3.8) is 0 Å². The van der Waals surface area contributed by atoms with E-state index in [2.05, 4.69) is 20.8 Å². The Morgan fingerprint density at radius 3 is 2.43 bits per heavy atom. The third-order valence-electron chi connectivity index (χ3n) is 9.46. The first-order valence-corrected chi connectivity index (χ1v) is 9.91. The second-order valence-electron chi connectivity index (χ2n) is 9.83. The molecule has 23 heavy (non-hydrogen) atoms. The second-order valence-corrected chi connectivity index (χ2v) is 9.83. The van der Waals surface area contributed by atoms with Gasteiger partial charge in [0.2, 0.25) is 0 Å². The summed E-state index contributed by atoms with van der Waals surface area (Å²) in [6.07, 6.45) is 10.8. The van der Waals surface area contributed by atoms with Crippen molar-refractivity contribution in [1.82, 2.24) is 0 Å². The minimum Gasteiger partial charge on any atom is -0.378 e. The average Bonchev–Trinajstić information content (AvgIpc) is 2.80. The fraction of sp³-hybridized carbons (Fsp3) is 0.952. The van der Waals surface area contributed by atoms with Crippen molar-refractivity contribution in [3.8, 4) is 0 Å². The van der Waals surface area contributed by atoms with E-state index in [1.807, 2.05) is 7.11 Å². The fourth-order valence-corrected chi connectivity index (χ4v) is 7.61. The molecular formula is C21H34O2. The van der Waals surface area contributed by atoms with Gasteiger partial charge in [-0.15, -0.1) is 0 Å². The second kappa shape index (κ2) is 5.07. The number of hydrogen-bond donors (Lipinski definition) is 0. The molecule has 0 aliphatic heterocycles. The van der Waals surface area contributed by atoms with Crippen molar-refractivity contribution in [3.05, 3.63) is 0 Å². The van der Waals surface area contributed by atoms with E-state index in [0.29, 0.717) is 22.5 Å². The lowest BCUT2D eigenvalue weighted by Gasteiger charge is -2.61. The average molecular weight is 319 g/mol. The van der Waals surface area contributed by atoms with Crippen LogP contribution in [0.15, 0.2) is 0 Å². The SMILES string of the molecule is CO[C@@]1(C)CC[C@H]2[C@@H]3CC[C@H]4CC(=O)CC[C@]4(C)[C@H]3CC[C@@]21C. The molecule has 4 aliphatic rings. The highest BCUT2D eigenvalue weighted by Gasteiger charge is 2.63. The Balaban J connectivity index is 1.64. The molecule has 0 saturated heterocycles. The minimum atomic E-state index is 0.0723. The van der Waals surface area contributed by atoms with E-state index in [9.17, 15) is 4.79 Å². The van der Waals surface area contributed by atoms with Crippen molar-refractivity contribution in [2.75, 3.05) is 7.11 Å². The lowest BCUT2D eigenvalue weighted by Crippen LogP contribution is -2.56. The van der Waals surface area contributed by atoms with Crippen molar-refractivity contribution in [2.45, 2.75) is 84.2 Å². The zero-order valence-electron chi connectivity index (χ0n) is 15.5. The highest BCUT2D eigenvalue weighted by atomic mass is 16.5. The van der Waals surface area contributed by atoms with E-state index in [1.165, 1.54) is 38.5 Å². The summed E-state index contributed by atoms with van der Waals surface area (Å²) in [5.41, 5.74) is 0.865. The van der Waals surface area contributed by atoms with Gasteiger partial charge in [0, 0.05) is 20.0 Å². The summed E-state index contributed by atoms with van der Waals surface area (Å²) >= 11 is 0. The van der Waals surface area contributed by atoms with Gasteiger partial charge in [0.25, 0.3) is 0 Å². The molecule has 0 unspecified atom stereocenters. The minimum absolute atomic E-state index is 0.0723. The molecule has 0 bridgehead atoms. The predicted octanol–water partition coefficient (Wildman–Crippen LogP) is 5.00. The molecule has 7 atom stereocenters. The summed E-state index contributed by atoms with van der Waals surface area (Å²) in [4.78, 5) is 12.0. The lowest BCUT2D eigenvalue weighted by atomic mass is 9.44. The van der Waals surface area contributed by atoms with Gasteiger partial charge in [0.15, 0.2) is 0 Å². The van der Waals surface area contributed by atoms with Gasteiger partial charge >= 0.3 is 0 Å². The van der Waals surface area contributed by atoms with Crippen LogP contribution in [0.3, 0.4) is 0 Å². The maximum Gasteiger partial charge on any atom is 0.133 e. The Labute approximate surface area is 141 Å². The summed E-state index contributed by atoms with van der Waals surface area (Å²) < 4.78 is 6.05. The number of ether oxygens (including phenoxy) is 1. The highest BCUT2D eigenvalue weighted by molar-refractivity contribution is 5.79. The zero-order valence-corrected chi connectivity index (χ0v) is 15.5. The maximum atomic E-state index is 12.0. The molecule has 4 fully saturated rings. The van der Waals surface area contributed by atoms with E-state index in [-0.39, 0.29) is 5.60 Å². The Hall–Kier alpha value is -0.370. The molecule has 4 aliphatic carbocycles. The summed E-state index contributed by atoms with van der Waals surface area (Å²) in [7, 11) is 1.92. The standard InChI is InChI=1S/C21H34O2/c1-19-10-7-15(22)13-14(19)5-6-16-17(19)8-11-20(2)18(16)9-12-21(20,3)23-4/h14,16-18H,5-13H2,1-4H3/t14-,16+,17-,18-,19-,20-,21-/m0/s1. The summed E-state index contributed by atoms with van der Waals surface area (Å²) in [5, 5.41) is 0. The number of carbonyl (C=O) groups is 1. The highest BCUT2D eigenvalue weighted by Crippen LogP contribution is 2.68. The van der Waals surface area contributed by atoms with E-state index in [0.717, 1.165) is 37.0 Å². The van der Waals surface area contributed by atoms with Crippen LogP contribution >= 0.6 is 0 Å². The molecule has 0 heterocycles. The Morgan fingerprint density at radius 2 is 1.70 bits per heavy atom. The van der Waals surface area contributed by atoms with Gasteiger partial charge in [-0.1, -0.05) is 13.8 Å². The first-order chi connectivity index (χ1) is 10.8. The molecule has 0 spiro atoms. The van der Waals surface area contributed by atoms with Crippen LogP contribution in [0.25, 0.3) is 0 Å². The van der Waals surface area contributed by atoms with Crippen LogP contribution in [0.5, 0.6) is 0 Å². The zero-order chi connectivity index (χ0) is 16.5. The molecule has 0 aromatic carbocycles. The van der Waals surface area contributed by atoms with Crippen LogP contribution in [0.4, 0.5) is 0 Å². The van der Waals surface area contributed by atoms with Crippen LogP contribution in [0, 0.1) is 34.5 Å². The van der Waals surface area contributed by atoms with Gasteiger partial charge in [-0.2, -0.15) is 0 Å². The van der Waals surface area contributed by atoms with Gasteiger partial charge in [0.05, 0.1) is 5.60 Å². The van der Waals surface area contributed by atoms with E-state index >= 15 is 0 Å². The van der Waals surface area contributed by atoms with Gasteiger partial charge in [0.1, 0.15) is 5.78 Å². The molecule has 0 N–H and O–H groups in total. The van der Waals surface area contributed by atoms with E-state index in [1.54, 1.807) is 0 Å². The molecule has 4 saturated carbocycles. The predicted molar refractivity (Wildman–Crippen MR) is 92.1 cm³/mol. The first kappa shape index (κ1) is 16.1. The summed E-state index contributed by atoms with van der Waals surface area (Å²) in [6.45, 7) is 7.41. The van der Waals surface area contributed by atoms with Crippen LogP contribution < -0.4 is 0 Å². The van der Waals surface area contributed by atoms with Crippen molar-refractivity contribution in [1.29, 1.82) is 0 Å². The molecule has 0 radical (unpaired) electrons. The van der Waals surface area contributed by atoms with Crippen LogP contribution in [-0.2, 0) is 9.53 Å². The number of ketones is 1. The Kier molecular flexibility index (Phi) is 3.55. The van der Waals surface area contributed by atoms with Crippen LogP contribution in [0.1, 0.15) is 78.6 Å². The van der Waals surface area contributed by atoms with E-state index in [4.69, 9.17) is 4.74 Å². The molecule has 2 heteroatoms. The van der Waals surface area contributed by atoms with Gasteiger partial charge in [-0.25, -0.2) is 0 Å². The largest absolute Gasteiger partial charge is 0.378 e. The van der Waals surface area contributed by atoms with Crippen molar-refractivity contribution < 1.29 is 9.53 Å². The molecular weight excluding hydrogens is 284 g/mol. The Bertz CT molecular complexity index is 514. The third kappa shape index (κ3) is 2.00. The molecule has 2 nitrogen and oxygen atoms in total. The van der Waals surface area contributed by atoms with Gasteiger partial charge < -0.3 is 4.74 Å². The fourth-order valence-electron chi connectivity index (χ4n) is 7.61. The number of Topliss-reactive ketones (excluding diaryl/α,β-unsaturated/α-hetero) is 1.